The van der Waals surface area contributed by atoms with E-state index in [9.17, 15) is 9.59 Å². The summed E-state index contributed by atoms with van der Waals surface area (Å²) in [5.74, 6) is 0.487. The number of carbonyl (C=O) groups is 2. The minimum Gasteiger partial charge on any atom is -0.349 e. The Morgan fingerprint density at radius 2 is 1.88 bits per heavy atom. The van der Waals surface area contributed by atoms with E-state index in [4.69, 9.17) is 5.73 Å². The maximum absolute atomic E-state index is 12.5. The van der Waals surface area contributed by atoms with Gasteiger partial charge in [-0.1, -0.05) is 18.9 Å². The van der Waals surface area contributed by atoms with E-state index >= 15 is 0 Å². The highest BCUT2D eigenvalue weighted by molar-refractivity contribution is 5.98. The van der Waals surface area contributed by atoms with Gasteiger partial charge in [0, 0.05) is 23.2 Å². The highest BCUT2D eigenvalue weighted by atomic mass is 35.5. The van der Waals surface area contributed by atoms with Gasteiger partial charge in [0.25, 0.3) is 5.91 Å². The van der Waals surface area contributed by atoms with Crippen molar-refractivity contribution in [2.75, 3.05) is 11.9 Å². The second-order valence-electron chi connectivity index (χ2n) is 6.70. The second kappa shape index (κ2) is 8.49. The van der Waals surface area contributed by atoms with Crippen LogP contribution in [0.1, 0.15) is 48.9 Å². The fourth-order valence-electron chi connectivity index (χ4n) is 3.26. The van der Waals surface area contributed by atoms with E-state index < -0.39 is 0 Å². The minimum absolute atomic E-state index is 0. The molecule has 2 amide bonds. The number of amides is 2. The molecule has 0 aliphatic heterocycles. The lowest BCUT2D eigenvalue weighted by atomic mass is 9.84. The van der Waals surface area contributed by atoms with Crippen molar-refractivity contribution in [3.63, 3.8) is 0 Å². The summed E-state index contributed by atoms with van der Waals surface area (Å²) in [5.41, 5.74) is 7.09. The second-order valence-corrected chi connectivity index (χ2v) is 6.70. The van der Waals surface area contributed by atoms with Gasteiger partial charge in [-0.2, -0.15) is 0 Å². The zero-order valence-electron chi connectivity index (χ0n) is 13.8. The first kappa shape index (κ1) is 18.7. The molecule has 5 nitrogen and oxygen atoms in total. The highest BCUT2D eigenvalue weighted by Gasteiger charge is 2.30. The molecule has 24 heavy (non-hydrogen) atoms. The molecule has 0 heterocycles. The molecule has 3 rings (SSSR count). The first-order valence-corrected chi connectivity index (χ1v) is 8.59. The van der Waals surface area contributed by atoms with Crippen LogP contribution in [0.5, 0.6) is 0 Å². The molecule has 132 valence electrons. The summed E-state index contributed by atoms with van der Waals surface area (Å²) >= 11 is 0. The Morgan fingerprint density at radius 3 is 2.58 bits per heavy atom. The van der Waals surface area contributed by atoms with Crippen LogP contribution in [0, 0.1) is 11.8 Å². The molecular formula is C18H26ClN3O2. The predicted octanol–water partition coefficient (Wildman–Crippen LogP) is 2.70. The molecule has 2 fully saturated rings. The zero-order chi connectivity index (χ0) is 16.2. The molecule has 2 aliphatic rings. The third-order valence-corrected chi connectivity index (χ3v) is 4.87. The molecule has 2 unspecified atom stereocenters. The van der Waals surface area contributed by atoms with Crippen LogP contribution in [0.25, 0.3) is 0 Å². The van der Waals surface area contributed by atoms with Gasteiger partial charge < -0.3 is 16.4 Å². The molecule has 1 aromatic rings. The van der Waals surface area contributed by atoms with Gasteiger partial charge in [-0.3, -0.25) is 9.59 Å². The number of rotatable bonds is 5. The van der Waals surface area contributed by atoms with Crippen molar-refractivity contribution in [1.29, 1.82) is 0 Å². The van der Waals surface area contributed by atoms with Crippen LogP contribution in [0.4, 0.5) is 5.69 Å². The van der Waals surface area contributed by atoms with Crippen LogP contribution in [-0.2, 0) is 4.79 Å². The molecule has 0 aromatic heterocycles. The Labute approximate surface area is 149 Å². The molecule has 0 saturated heterocycles. The van der Waals surface area contributed by atoms with E-state index in [0.29, 0.717) is 23.7 Å². The third-order valence-electron chi connectivity index (χ3n) is 4.87. The highest BCUT2D eigenvalue weighted by Crippen LogP contribution is 2.30. The number of hydrogen-bond acceptors (Lipinski definition) is 3. The molecule has 6 heteroatoms. The number of benzene rings is 1. The number of halogens is 1. The third kappa shape index (κ3) is 4.71. The van der Waals surface area contributed by atoms with Gasteiger partial charge in [0.2, 0.25) is 5.91 Å². The SMILES string of the molecule is Cl.NCC1CCCCC1NC(=O)c1cccc(NC(=O)C2CC2)c1. The van der Waals surface area contributed by atoms with E-state index in [-0.39, 0.29) is 36.2 Å². The Bertz CT molecular complexity index is 589. The van der Waals surface area contributed by atoms with Crippen molar-refractivity contribution >= 4 is 29.9 Å². The summed E-state index contributed by atoms with van der Waals surface area (Å²) in [4.78, 5) is 24.3. The fourth-order valence-corrected chi connectivity index (χ4v) is 3.26. The van der Waals surface area contributed by atoms with Crippen molar-refractivity contribution in [2.24, 2.45) is 17.6 Å². The summed E-state index contributed by atoms with van der Waals surface area (Å²) in [6, 6.07) is 7.31. The lowest BCUT2D eigenvalue weighted by Gasteiger charge is -2.31. The molecule has 0 bridgehead atoms. The van der Waals surface area contributed by atoms with Gasteiger partial charge in [-0.05, 0) is 56.3 Å². The van der Waals surface area contributed by atoms with Gasteiger partial charge in [-0.25, -0.2) is 0 Å². The van der Waals surface area contributed by atoms with Gasteiger partial charge >= 0.3 is 0 Å². The molecule has 0 radical (unpaired) electrons. The van der Waals surface area contributed by atoms with E-state index in [1.165, 1.54) is 6.42 Å². The number of nitrogens with one attached hydrogen (secondary N) is 2. The van der Waals surface area contributed by atoms with Gasteiger partial charge in [0.05, 0.1) is 0 Å². The summed E-state index contributed by atoms with van der Waals surface area (Å²) in [6.45, 7) is 0.614. The quantitative estimate of drug-likeness (QED) is 0.762. The molecular weight excluding hydrogens is 326 g/mol. The Morgan fingerprint density at radius 1 is 1.12 bits per heavy atom. The standard InChI is InChI=1S/C18H25N3O2.ClH/c19-11-14-4-1-2-7-16(14)21-18(23)13-5-3-6-15(10-13)20-17(22)12-8-9-12;/h3,5-6,10,12,14,16H,1-2,4,7-9,11,19H2,(H,20,22)(H,21,23);1H. The van der Waals surface area contributed by atoms with E-state index in [1.807, 2.05) is 6.07 Å². The number of hydrogen-bond donors (Lipinski definition) is 3. The normalized spacial score (nSPS) is 23.0. The smallest absolute Gasteiger partial charge is 0.251 e. The molecule has 2 saturated carbocycles. The number of nitrogens with two attached hydrogens (primary N) is 1. The monoisotopic (exact) mass is 351 g/mol. The molecule has 2 aliphatic carbocycles. The Hall–Kier alpha value is -1.59. The zero-order valence-corrected chi connectivity index (χ0v) is 14.6. The van der Waals surface area contributed by atoms with Crippen LogP contribution in [-0.4, -0.2) is 24.4 Å². The molecule has 0 spiro atoms. The summed E-state index contributed by atoms with van der Waals surface area (Å²) in [6.07, 6.45) is 6.34. The number of carbonyl (C=O) groups excluding carboxylic acids is 2. The van der Waals surface area contributed by atoms with Crippen molar-refractivity contribution in [3.05, 3.63) is 29.8 Å². The molecule has 2 atom stereocenters. The van der Waals surface area contributed by atoms with Gasteiger partial charge in [0.15, 0.2) is 0 Å². The maximum Gasteiger partial charge on any atom is 0.251 e. The van der Waals surface area contributed by atoms with Crippen molar-refractivity contribution in [1.82, 2.24) is 5.32 Å². The van der Waals surface area contributed by atoms with Crippen LogP contribution in [0.2, 0.25) is 0 Å². The summed E-state index contributed by atoms with van der Waals surface area (Å²) in [5, 5.41) is 6.00. The minimum atomic E-state index is -0.0853. The number of anilines is 1. The van der Waals surface area contributed by atoms with Crippen molar-refractivity contribution in [2.45, 2.75) is 44.6 Å². The Kier molecular flexibility index (Phi) is 6.63. The van der Waals surface area contributed by atoms with Gasteiger partial charge in [0.1, 0.15) is 0 Å². The first-order valence-electron chi connectivity index (χ1n) is 8.59. The maximum atomic E-state index is 12.5. The summed E-state index contributed by atoms with van der Waals surface area (Å²) < 4.78 is 0. The topological polar surface area (TPSA) is 84.2 Å². The van der Waals surface area contributed by atoms with Crippen LogP contribution in [0.3, 0.4) is 0 Å². The molecule has 1 aromatic carbocycles. The first-order chi connectivity index (χ1) is 11.2. The van der Waals surface area contributed by atoms with Crippen molar-refractivity contribution in [3.8, 4) is 0 Å². The average molecular weight is 352 g/mol. The molecule has 4 N–H and O–H groups in total. The largest absolute Gasteiger partial charge is 0.349 e. The lowest BCUT2D eigenvalue weighted by molar-refractivity contribution is -0.117. The summed E-state index contributed by atoms with van der Waals surface area (Å²) in [7, 11) is 0. The predicted molar refractivity (Wildman–Crippen MR) is 97.3 cm³/mol. The van der Waals surface area contributed by atoms with E-state index in [0.717, 1.165) is 32.1 Å². The van der Waals surface area contributed by atoms with E-state index in [2.05, 4.69) is 10.6 Å². The van der Waals surface area contributed by atoms with E-state index in [1.54, 1.807) is 18.2 Å². The van der Waals surface area contributed by atoms with Crippen LogP contribution in [0.15, 0.2) is 24.3 Å². The van der Waals surface area contributed by atoms with Crippen molar-refractivity contribution < 1.29 is 9.59 Å². The Balaban J connectivity index is 0.00000208. The fraction of sp³-hybridized carbons (Fsp3) is 0.556. The van der Waals surface area contributed by atoms with Crippen LogP contribution < -0.4 is 16.4 Å². The van der Waals surface area contributed by atoms with Crippen LogP contribution >= 0.6 is 12.4 Å². The van der Waals surface area contributed by atoms with Gasteiger partial charge in [-0.15, -0.1) is 12.4 Å². The lowest BCUT2D eigenvalue weighted by Crippen LogP contribution is -2.44. The average Bonchev–Trinajstić information content (AvgIpc) is 3.40.